The van der Waals surface area contributed by atoms with E-state index >= 15 is 0 Å². The maximum absolute atomic E-state index is 11.6. The minimum Gasteiger partial charge on any atom is -0.394 e. The van der Waals surface area contributed by atoms with Crippen molar-refractivity contribution in [1.82, 2.24) is 0 Å². The van der Waals surface area contributed by atoms with Crippen LogP contribution in [-0.2, 0) is 9.53 Å². The molecule has 3 atom stereocenters. The summed E-state index contributed by atoms with van der Waals surface area (Å²) in [5, 5.41) is 12.6. The summed E-state index contributed by atoms with van der Waals surface area (Å²) in [6.07, 6.45) is -0.244. The van der Waals surface area contributed by atoms with Crippen molar-refractivity contribution in [3.8, 4) is 0 Å². The fourth-order valence-electron chi connectivity index (χ4n) is 2.88. The highest BCUT2D eigenvalue weighted by Crippen LogP contribution is 2.38. The van der Waals surface area contributed by atoms with Crippen LogP contribution in [0.15, 0.2) is 12.1 Å². The summed E-state index contributed by atoms with van der Waals surface area (Å²) in [6, 6.07) is 2.91. The molecule has 0 spiro atoms. The summed E-state index contributed by atoms with van der Waals surface area (Å²) in [5.74, 6) is -0.221. The summed E-state index contributed by atoms with van der Waals surface area (Å²) in [5.41, 5.74) is 8.05. The molecule has 1 aromatic rings. The Balaban J connectivity index is 1.93. The van der Waals surface area contributed by atoms with Crippen LogP contribution in [0, 0.1) is 0 Å². The Bertz CT molecular complexity index is 581. The number of halogens is 1. The summed E-state index contributed by atoms with van der Waals surface area (Å²) in [6.45, 7) is 3.15. The second kappa shape index (κ2) is 5.46. The average molecular weight is 312 g/mol. The van der Waals surface area contributed by atoms with Crippen molar-refractivity contribution in [3.05, 3.63) is 22.7 Å². The third-order valence-corrected chi connectivity index (χ3v) is 4.17. The molecule has 2 heterocycles. The molecule has 0 radical (unpaired) electrons. The van der Waals surface area contributed by atoms with Crippen LogP contribution in [0.1, 0.15) is 18.5 Å². The highest BCUT2D eigenvalue weighted by atomic mass is 35.5. The lowest BCUT2D eigenvalue weighted by atomic mass is 10.1. The van der Waals surface area contributed by atoms with Crippen molar-refractivity contribution in [2.24, 2.45) is 5.73 Å². The maximum atomic E-state index is 11.6. The van der Waals surface area contributed by atoms with Gasteiger partial charge in [-0.1, -0.05) is 11.6 Å². The van der Waals surface area contributed by atoms with Gasteiger partial charge in [-0.15, -0.1) is 0 Å². The predicted octanol–water partition coefficient (Wildman–Crippen LogP) is 0.878. The monoisotopic (exact) mass is 311 g/mol. The van der Waals surface area contributed by atoms with Gasteiger partial charge in [0.25, 0.3) is 0 Å². The third-order valence-electron chi connectivity index (χ3n) is 3.86. The van der Waals surface area contributed by atoms with Gasteiger partial charge in [-0.25, -0.2) is 0 Å². The lowest BCUT2D eigenvalue weighted by Crippen LogP contribution is -2.48. The molecule has 114 valence electrons. The zero-order valence-corrected chi connectivity index (χ0v) is 12.4. The van der Waals surface area contributed by atoms with Crippen LogP contribution in [0.25, 0.3) is 0 Å². The topological polar surface area (TPSA) is 87.8 Å². The number of morpholine rings is 1. The molecule has 4 N–H and O–H groups in total. The average Bonchev–Trinajstić information content (AvgIpc) is 2.72. The summed E-state index contributed by atoms with van der Waals surface area (Å²) < 4.78 is 5.63. The molecule has 6 nitrogen and oxygen atoms in total. The van der Waals surface area contributed by atoms with E-state index in [2.05, 4.69) is 10.2 Å². The van der Waals surface area contributed by atoms with Crippen molar-refractivity contribution in [2.45, 2.75) is 25.2 Å². The van der Waals surface area contributed by atoms with E-state index in [1.165, 1.54) is 0 Å². The van der Waals surface area contributed by atoms with Gasteiger partial charge in [-0.3, -0.25) is 4.79 Å². The number of hydrogen-bond acceptors (Lipinski definition) is 5. The summed E-state index contributed by atoms with van der Waals surface area (Å²) in [4.78, 5) is 13.7. The van der Waals surface area contributed by atoms with Crippen molar-refractivity contribution in [2.75, 3.05) is 29.9 Å². The van der Waals surface area contributed by atoms with Gasteiger partial charge in [0.1, 0.15) is 6.04 Å². The number of aliphatic hydroxyl groups is 1. The molecule has 0 saturated carbocycles. The van der Waals surface area contributed by atoms with Gasteiger partial charge < -0.3 is 25.8 Å². The molecule has 1 saturated heterocycles. The van der Waals surface area contributed by atoms with Crippen LogP contribution in [0.2, 0.25) is 5.02 Å². The molecule has 7 heteroatoms. The molecule has 0 aromatic heterocycles. The number of benzene rings is 1. The minimum absolute atomic E-state index is 0.00271. The molecule has 2 aliphatic heterocycles. The van der Waals surface area contributed by atoms with Gasteiger partial charge in [0.05, 0.1) is 29.5 Å². The molecule has 3 unspecified atom stereocenters. The number of nitrogens with zero attached hydrogens (tertiary/aromatic N) is 1. The molecule has 3 rings (SSSR count). The number of fused-ring (bicyclic) bond motifs is 1. The van der Waals surface area contributed by atoms with Crippen molar-refractivity contribution < 1.29 is 14.6 Å². The zero-order valence-electron chi connectivity index (χ0n) is 11.7. The first-order valence-corrected chi connectivity index (χ1v) is 7.28. The number of anilines is 2. The first kappa shape index (κ1) is 14.6. The van der Waals surface area contributed by atoms with E-state index in [1.807, 2.05) is 13.0 Å². The van der Waals surface area contributed by atoms with E-state index in [0.29, 0.717) is 29.4 Å². The van der Waals surface area contributed by atoms with Gasteiger partial charge in [0.2, 0.25) is 5.91 Å². The zero-order chi connectivity index (χ0) is 15.1. The Kier molecular flexibility index (Phi) is 3.79. The molecule has 1 amide bonds. The molecular weight excluding hydrogens is 294 g/mol. The Morgan fingerprint density at radius 2 is 2.29 bits per heavy atom. The number of nitrogens with two attached hydrogens (primary N) is 1. The van der Waals surface area contributed by atoms with Gasteiger partial charge in [0.15, 0.2) is 0 Å². The van der Waals surface area contributed by atoms with Gasteiger partial charge in [0, 0.05) is 24.3 Å². The number of rotatable bonds is 2. The number of aliphatic hydroxyl groups excluding tert-OH is 1. The first-order chi connectivity index (χ1) is 9.99. The predicted molar refractivity (Wildman–Crippen MR) is 80.6 cm³/mol. The Labute approximate surface area is 127 Å². The molecule has 21 heavy (non-hydrogen) atoms. The fraction of sp³-hybridized carbons (Fsp3) is 0.500. The molecular formula is C14H18ClN3O3. The van der Waals surface area contributed by atoms with Gasteiger partial charge in [-0.05, 0) is 19.1 Å². The van der Waals surface area contributed by atoms with Crippen LogP contribution < -0.4 is 16.0 Å². The number of carbonyl (C=O) groups excluding carboxylic acids is 1. The third kappa shape index (κ3) is 2.60. The van der Waals surface area contributed by atoms with Crippen molar-refractivity contribution >= 4 is 28.9 Å². The standard InChI is InChI=1S/C14H18ClN3O3/c1-7-4-18(5-8(6-19)21-7)12-3-11-9(2-10(12)15)13(16)14(20)17-11/h2-3,7-8,13,19H,4-6,16H2,1H3,(H,17,20). The molecule has 0 bridgehead atoms. The number of carbonyl (C=O) groups is 1. The number of amides is 1. The number of hydrogen-bond donors (Lipinski definition) is 3. The highest BCUT2D eigenvalue weighted by Gasteiger charge is 2.31. The normalized spacial score (nSPS) is 28.5. The second-order valence-electron chi connectivity index (χ2n) is 5.51. The van der Waals surface area contributed by atoms with Crippen LogP contribution in [0.5, 0.6) is 0 Å². The van der Waals surface area contributed by atoms with Gasteiger partial charge in [-0.2, -0.15) is 0 Å². The second-order valence-corrected chi connectivity index (χ2v) is 5.92. The highest BCUT2D eigenvalue weighted by molar-refractivity contribution is 6.33. The van der Waals surface area contributed by atoms with E-state index in [9.17, 15) is 9.90 Å². The maximum Gasteiger partial charge on any atom is 0.245 e. The molecule has 1 aromatic carbocycles. The quantitative estimate of drug-likeness (QED) is 0.754. The molecule has 1 fully saturated rings. The van der Waals surface area contributed by atoms with Crippen LogP contribution >= 0.6 is 11.6 Å². The fourth-order valence-corrected chi connectivity index (χ4v) is 3.17. The SMILES string of the molecule is CC1CN(c2cc3c(cc2Cl)C(N)C(=O)N3)CC(CO)O1. The van der Waals surface area contributed by atoms with Crippen LogP contribution in [-0.4, -0.2) is 42.9 Å². The lowest BCUT2D eigenvalue weighted by Gasteiger charge is -2.38. The van der Waals surface area contributed by atoms with Crippen LogP contribution in [0.4, 0.5) is 11.4 Å². The Hall–Kier alpha value is -1.34. The van der Waals surface area contributed by atoms with E-state index in [0.717, 1.165) is 5.69 Å². The number of ether oxygens (including phenoxy) is 1. The van der Waals surface area contributed by atoms with Crippen LogP contribution in [0.3, 0.4) is 0 Å². The Morgan fingerprint density at radius 1 is 1.52 bits per heavy atom. The largest absolute Gasteiger partial charge is 0.394 e. The Morgan fingerprint density at radius 3 is 3.00 bits per heavy atom. The van der Waals surface area contributed by atoms with E-state index in [4.69, 9.17) is 22.1 Å². The van der Waals surface area contributed by atoms with Crippen molar-refractivity contribution in [3.63, 3.8) is 0 Å². The van der Waals surface area contributed by atoms with Gasteiger partial charge >= 0.3 is 0 Å². The first-order valence-electron chi connectivity index (χ1n) is 6.90. The minimum atomic E-state index is -0.666. The molecule has 0 aliphatic carbocycles. The smallest absolute Gasteiger partial charge is 0.245 e. The van der Waals surface area contributed by atoms with E-state index in [1.54, 1.807) is 6.07 Å². The molecule has 2 aliphatic rings. The summed E-state index contributed by atoms with van der Waals surface area (Å²) >= 11 is 6.35. The van der Waals surface area contributed by atoms with E-state index < -0.39 is 6.04 Å². The number of nitrogens with one attached hydrogen (secondary N) is 1. The van der Waals surface area contributed by atoms with E-state index in [-0.39, 0.29) is 24.7 Å². The lowest BCUT2D eigenvalue weighted by molar-refractivity contribution is -0.116. The summed E-state index contributed by atoms with van der Waals surface area (Å²) in [7, 11) is 0. The van der Waals surface area contributed by atoms with Crippen molar-refractivity contribution in [1.29, 1.82) is 0 Å².